The fraction of sp³-hybridized carbons (Fsp3) is 0.500. The number of nitrogens with zero attached hydrogens (tertiary/aromatic N) is 5. The molecule has 0 saturated heterocycles. The van der Waals surface area contributed by atoms with Crippen LogP contribution in [-0.4, -0.2) is 56.6 Å². The molecule has 1 aliphatic heterocycles. The average molecular weight is 409 g/mol. The van der Waals surface area contributed by atoms with E-state index in [0.717, 1.165) is 67.7 Å². The van der Waals surface area contributed by atoms with Gasteiger partial charge in [0.2, 0.25) is 5.95 Å². The molecule has 3 heterocycles. The standard InChI is InChI=1S/C22H28N6O2/c1-27-7-6-14-9-20(30-2)19(8-15(14)13-27)25-22-23-11-16-12-24-28(21(16)26-22)17-4-3-5-18(29)10-17/h8-9,11-12,17-18,29H,3-7,10,13H2,1-2H3,(H,23,25,26). The van der Waals surface area contributed by atoms with E-state index >= 15 is 0 Å². The number of ether oxygens (including phenoxy) is 1. The van der Waals surface area contributed by atoms with Crippen LogP contribution in [0.1, 0.15) is 42.9 Å². The minimum atomic E-state index is -0.264. The summed E-state index contributed by atoms with van der Waals surface area (Å²) < 4.78 is 7.58. The molecule has 1 aliphatic carbocycles. The van der Waals surface area contributed by atoms with Gasteiger partial charge in [0.1, 0.15) is 5.75 Å². The predicted octanol–water partition coefficient (Wildman–Crippen LogP) is 3.04. The number of likely N-dealkylation sites (N-methyl/N-ethyl adjacent to an activating group) is 1. The lowest BCUT2D eigenvalue weighted by Crippen LogP contribution is -2.26. The summed E-state index contributed by atoms with van der Waals surface area (Å²) in [6.45, 7) is 1.98. The molecule has 30 heavy (non-hydrogen) atoms. The van der Waals surface area contributed by atoms with Crippen LogP contribution < -0.4 is 10.1 Å². The smallest absolute Gasteiger partial charge is 0.229 e. The molecule has 1 fully saturated rings. The zero-order valence-corrected chi connectivity index (χ0v) is 17.5. The van der Waals surface area contributed by atoms with Crippen LogP contribution >= 0.6 is 0 Å². The molecule has 5 rings (SSSR count). The summed E-state index contributed by atoms with van der Waals surface area (Å²) >= 11 is 0. The van der Waals surface area contributed by atoms with Crippen LogP contribution in [0, 0.1) is 0 Å². The molecule has 0 radical (unpaired) electrons. The Morgan fingerprint density at radius 2 is 2.10 bits per heavy atom. The number of nitrogens with one attached hydrogen (secondary N) is 1. The number of fused-ring (bicyclic) bond motifs is 2. The van der Waals surface area contributed by atoms with E-state index in [2.05, 4.69) is 39.5 Å². The predicted molar refractivity (Wildman–Crippen MR) is 115 cm³/mol. The van der Waals surface area contributed by atoms with Crippen molar-refractivity contribution in [1.82, 2.24) is 24.6 Å². The third-order valence-electron chi connectivity index (χ3n) is 6.27. The second-order valence-corrected chi connectivity index (χ2v) is 8.47. The molecule has 2 N–H and O–H groups in total. The highest BCUT2D eigenvalue weighted by Gasteiger charge is 2.24. The van der Waals surface area contributed by atoms with E-state index in [9.17, 15) is 5.11 Å². The third-order valence-corrected chi connectivity index (χ3v) is 6.27. The van der Waals surface area contributed by atoms with Crippen molar-refractivity contribution in [3.63, 3.8) is 0 Å². The molecule has 1 saturated carbocycles. The molecule has 2 atom stereocenters. The van der Waals surface area contributed by atoms with Crippen molar-refractivity contribution < 1.29 is 9.84 Å². The first-order chi connectivity index (χ1) is 14.6. The monoisotopic (exact) mass is 408 g/mol. The number of hydrogen-bond donors (Lipinski definition) is 2. The van der Waals surface area contributed by atoms with Gasteiger partial charge in [0.05, 0.1) is 36.5 Å². The van der Waals surface area contributed by atoms with Crippen molar-refractivity contribution in [1.29, 1.82) is 0 Å². The fourth-order valence-corrected chi connectivity index (χ4v) is 4.64. The summed E-state index contributed by atoms with van der Waals surface area (Å²) in [6, 6.07) is 4.44. The van der Waals surface area contributed by atoms with Crippen LogP contribution in [-0.2, 0) is 13.0 Å². The van der Waals surface area contributed by atoms with Crippen molar-refractivity contribution in [2.75, 3.05) is 26.0 Å². The lowest BCUT2D eigenvalue weighted by atomic mass is 9.93. The number of benzene rings is 1. The van der Waals surface area contributed by atoms with Crippen LogP contribution in [0.4, 0.5) is 11.6 Å². The van der Waals surface area contributed by atoms with Gasteiger partial charge in [-0.15, -0.1) is 0 Å². The van der Waals surface area contributed by atoms with Crippen LogP contribution in [0.25, 0.3) is 11.0 Å². The van der Waals surface area contributed by atoms with Gasteiger partial charge in [0.25, 0.3) is 0 Å². The van der Waals surface area contributed by atoms with Gasteiger partial charge >= 0.3 is 0 Å². The average Bonchev–Trinajstić information content (AvgIpc) is 3.16. The Kier molecular flexibility index (Phi) is 5.04. The topological polar surface area (TPSA) is 88.3 Å². The molecule has 0 amide bonds. The summed E-state index contributed by atoms with van der Waals surface area (Å²) in [7, 11) is 3.83. The first-order valence-corrected chi connectivity index (χ1v) is 10.6. The van der Waals surface area contributed by atoms with Crippen molar-refractivity contribution >= 4 is 22.7 Å². The van der Waals surface area contributed by atoms with E-state index < -0.39 is 0 Å². The molecule has 0 spiro atoms. The lowest BCUT2D eigenvalue weighted by Gasteiger charge is -2.26. The van der Waals surface area contributed by atoms with Crippen molar-refractivity contribution in [3.8, 4) is 5.75 Å². The number of aliphatic hydroxyl groups excluding tert-OH is 1. The number of methoxy groups -OCH3 is 1. The van der Waals surface area contributed by atoms with E-state index in [1.807, 2.05) is 4.68 Å². The maximum atomic E-state index is 10.1. The highest BCUT2D eigenvalue weighted by Crippen LogP contribution is 2.34. The van der Waals surface area contributed by atoms with Gasteiger partial charge in [0.15, 0.2) is 5.65 Å². The molecular weight excluding hydrogens is 380 g/mol. The summed E-state index contributed by atoms with van der Waals surface area (Å²) in [5, 5.41) is 18.9. The van der Waals surface area contributed by atoms with Crippen LogP contribution in [0.5, 0.6) is 5.75 Å². The van der Waals surface area contributed by atoms with Gasteiger partial charge in [-0.3, -0.25) is 0 Å². The molecule has 0 bridgehead atoms. The van der Waals surface area contributed by atoms with E-state index in [1.54, 1.807) is 19.5 Å². The van der Waals surface area contributed by atoms with Crippen molar-refractivity contribution in [3.05, 3.63) is 35.7 Å². The minimum Gasteiger partial charge on any atom is -0.495 e. The first kappa shape index (κ1) is 19.3. The number of aliphatic hydroxyl groups is 1. The molecule has 8 nitrogen and oxygen atoms in total. The number of aromatic nitrogens is 4. The summed E-state index contributed by atoms with van der Waals surface area (Å²) in [6.07, 6.45) is 7.95. The Bertz CT molecular complexity index is 1070. The van der Waals surface area contributed by atoms with Crippen LogP contribution in [0.15, 0.2) is 24.5 Å². The minimum absolute atomic E-state index is 0.169. The molecular formula is C22H28N6O2. The van der Waals surface area contributed by atoms with Crippen LogP contribution in [0.3, 0.4) is 0 Å². The molecule has 2 unspecified atom stereocenters. The highest BCUT2D eigenvalue weighted by atomic mass is 16.5. The Morgan fingerprint density at radius 3 is 2.93 bits per heavy atom. The maximum Gasteiger partial charge on any atom is 0.229 e. The summed E-state index contributed by atoms with van der Waals surface area (Å²) in [5.41, 5.74) is 4.29. The second-order valence-electron chi connectivity index (χ2n) is 8.47. The Hall–Kier alpha value is -2.71. The fourth-order valence-electron chi connectivity index (χ4n) is 4.64. The first-order valence-electron chi connectivity index (χ1n) is 10.6. The van der Waals surface area contributed by atoms with Gasteiger partial charge in [-0.05, 0) is 62.4 Å². The van der Waals surface area contributed by atoms with E-state index in [4.69, 9.17) is 9.72 Å². The molecule has 3 aromatic rings. The van der Waals surface area contributed by atoms with Gasteiger partial charge in [-0.2, -0.15) is 10.1 Å². The summed E-state index contributed by atoms with van der Waals surface area (Å²) in [5.74, 6) is 1.31. The Labute approximate surface area is 175 Å². The zero-order chi connectivity index (χ0) is 20.7. The number of hydrogen-bond acceptors (Lipinski definition) is 7. The third kappa shape index (κ3) is 3.61. The molecule has 2 aliphatic rings. The normalized spacial score (nSPS) is 22.1. The second kappa shape index (κ2) is 7.85. The van der Waals surface area contributed by atoms with Gasteiger partial charge in [-0.1, -0.05) is 0 Å². The molecule has 1 aromatic carbocycles. The van der Waals surface area contributed by atoms with Gasteiger partial charge < -0.3 is 20.1 Å². The zero-order valence-electron chi connectivity index (χ0n) is 17.5. The van der Waals surface area contributed by atoms with Gasteiger partial charge in [0, 0.05) is 19.3 Å². The van der Waals surface area contributed by atoms with Gasteiger partial charge in [-0.25, -0.2) is 9.67 Å². The number of rotatable bonds is 4. The molecule has 8 heteroatoms. The van der Waals surface area contributed by atoms with E-state index in [0.29, 0.717) is 5.95 Å². The SMILES string of the molecule is COc1cc2c(cc1Nc1ncc3cnn(C4CCCC(O)C4)c3n1)CN(C)CC2. The van der Waals surface area contributed by atoms with Crippen LogP contribution in [0.2, 0.25) is 0 Å². The highest BCUT2D eigenvalue weighted by molar-refractivity contribution is 5.76. The molecule has 2 aromatic heterocycles. The Morgan fingerprint density at radius 1 is 1.20 bits per heavy atom. The maximum absolute atomic E-state index is 10.1. The largest absolute Gasteiger partial charge is 0.495 e. The van der Waals surface area contributed by atoms with Crippen molar-refractivity contribution in [2.45, 2.75) is 50.8 Å². The number of anilines is 2. The quantitative estimate of drug-likeness (QED) is 0.686. The van der Waals surface area contributed by atoms with E-state index in [1.165, 1.54) is 11.1 Å². The molecule has 158 valence electrons. The Balaban J connectivity index is 1.47. The van der Waals surface area contributed by atoms with E-state index in [-0.39, 0.29) is 12.1 Å². The summed E-state index contributed by atoms with van der Waals surface area (Å²) in [4.78, 5) is 11.6. The lowest BCUT2D eigenvalue weighted by molar-refractivity contribution is 0.101. The van der Waals surface area contributed by atoms with Crippen molar-refractivity contribution in [2.24, 2.45) is 0 Å².